The van der Waals surface area contributed by atoms with E-state index in [2.05, 4.69) is 15.7 Å². The van der Waals surface area contributed by atoms with Crippen LogP contribution in [-0.2, 0) is 7.05 Å². The van der Waals surface area contributed by atoms with Gasteiger partial charge in [0.25, 0.3) is 5.91 Å². The first-order chi connectivity index (χ1) is 8.16. The predicted octanol–water partition coefficient (Wildman–Crippen LogP) is 0.600. The highest BCUT2D eigenvalue weighted by Crippen LogP contribution is 2.18. The van der Waals surface area contributed by atoms with Crippen molar-refractivity contribution in [3.05, 3.63) is 17.5 Å². The summed E-state index contributed by atoms with van der Waals surface area (Å²) in [4.78, 5) is 11.8. The Bertz CT molecular complexity index is 395. The van der Waals surface area contributed by atoms with Gasteiger partial charge in [-0.05, 0) is 38.8 Å². The number of carbonyl (C=O) groups excluding carboxylic acids is 1. The predicted molar refractivity (Wildman–Crippen MR) is 65.9 cm³/mol. The first-order valence-corrected chi connectivity index (χ1v) is 6.19. The third kappa shape index (κ3) is 3.56. The van der Waals surface area contributed by atoms with Gasteiger partial charge in [-0.1, -0.05) is 0 Å². The molecule has 94 valence electrons. The van der Waals surface area contributed by atoms with Crippen LogP contribution in [-0.4, -0.2) is 34.8 Å². The van der Waals surface area contributed by atoms with Gasteiger partial charge in [-0.15, -0.1) is 0 Å². The van der Waals surface area contributed by atoms with Gasteiger partial charge in [0.1, 0.15) is 5.69 Å². The molecule has 2 N–H and O–H groups in total. The quantitative estimate of drug-likeness (QED) is 0.711. The van der Waals surface area contributed by atoms with Crippen LogP contribution in [0.15, 0.2) is 6.07 Å². The lowest BCUT2D eigenvalue weighted by Crippen LogP contribution is -2.29. The minimum Gasteiger partial charge on any atom is -0.351 e. The van der Waals surface area contributed by atoms with E-state index in [9.17, 15) is 4.79 Å². The molecular formula is C12H20N4O. The highest BCUT2D eigenvalue weighted by Gasteiger charge is 2.19. The maximum Gasteiger partial charge on any atom is 0.269 e. The van der Waals surface area contributed by atoms with Crippen LogP contribution in [0.1, 0.15) is 35.4 Å². The molecule has 0 radical (unpaired) electrons. The molecule has 1 aromatic rings. The molecule has 2 rings (SSSR count). The minimum absolute atomic E-state index is 0.0421. The maximum absolute atomic E-state index is 11.8. The lowest BCUT2D eigenvalue weighted by molar-refractivity contribution is 0.0944. The van der Waals surface area contributed by atoms with Gasteiger partial charge in [0.05, 0.1) is 5.69 Å². The van der Waals surface area contributed by atoms with E-state index in [-0.39, 0.29) is 5.91 Å². The molecule has 1 saturated carbocycles. The number of hydrogen-bond donors (Lipinski definition) is 2. The van der Waals surface area contributed by atoms with E-state index in [1.165, 1.54) is 12.8 Å². The van der Waals surface area contributed by atoms with Crippen molar-refractivity contribution in [1.82, 2.24) is 20.4 Å². The zero-order chi connectivity index (χ0) is 12.3. The normalized spacial score (nSPS) is 14.9. The van der Waals surface area contributed by atoms with Crippen LogP contribution in [0.2, 0.25) is 0 Å². The first-order valence-electron chi connectivity index (χ1n) is 6.19. The molecule has 5 heteroatoms. The van der Waals surface area contributed by atoms with Crippen molar-refractivity contribution in [3.63, 3.8) is 0 Å². The van der Waals surface area contributed by atoms with Gasteiger partial charge in [-0.2, -0.15) is 5.10 Å². The number of aryl methyl sites for hydroxylation is 2. The zero-order valence-electron chi connectivity index (χ0n) is 10.5. The lowest BCUT2D eigenvalue weighted by atomic mass is 10.3. The fourth-order valence-electron chi connectivity index (χ4n) is 1.80. The van der Waals surface area contributed by atoms with Crippen LogP contribution >= 0.6 is 0 Å². The van der Waals surface area contributed by atoms with E-state index in [1.807, 2.05) is 6.92 Å². The second kappa shape index (κ2) is 5.31. The van der Waals surface area contributed by atoms with Gasteiger partial charge in [-0.3, -0.25) is 9.48 Å². The summed E-state index contributed by atoms with van der Waals surface area (Å²) in [7, 11) is 1.79. The molecule has 0 saturated heterocycles. The molecule has 0 unspecified atom stereocenters. The molecule has 0 bridgehead atoms. The number of carbonyl (C=O) groups is 1. The van der Waals surface area contributed by atoms with Crippen molar-refractivity contribution in [1.29, 1.82) is 0 Å². The smallest absolute Gasteiger partial charge is 0.269 e. The van der Waals surface area contributed by atoms with Crippen molar-refractivity contribution >= 4 is 5.91 Å². The molecule has 0 aromatic carbocycles. The number of nitrogens with one attached hydrogen (secondary N) is 2. The SMILES string of the molecule is Cc1cc(C(=O)NCCCNC2CC2)n(C)n1. The summed E-state index contributed by atoms with van der Waals surface area (Å²) in [5.74, 6) is -0.0421. The Morgan fingerprint density at radius 2 is 2.29 bits per heavy atom. The summed E-state index contributed by atoms with van der Waals surface area (Å²) in [6.45, 7) is 3.58. The van der Waals surface area contributed by atoms with E-state index in [0.29, 0.717) is 12.2 Å². The van der Waals surface area contributed by atoms with Crippen LogP contribution in [0.4, 0.5) is 0 Å². The number of rotatable bonds is 6. The Morgan fingerprint density at radius 3 is 2.88 bits per heavy atom. The molecule has 17 heavy (non-hydrogen) atoms. The average molecular weight is 236 g/mol. The largest absolute Gasteiger partial charge is 0.351 e. The molecule has 1 aliphatic carbocycles. The second-order valence-electron chi connectivity index (χ2n) is 4.63. The van der Waals surface area contributed by atoms with Crippen LogP contribution in [0.3, 0.4) is 0 Å². The molecule has 1 aromatic heterocycles. The standard InChI is InChI=1S/C12H20N4O/c1-9-8-11(16(2)15-9)12(17)14-7-3-6-13-10-4-5-10/h8,10,13H,3-7H2,1-2H3,(H,14,17). The number of amides is 1. The highest BCUT2D eigenvalue weighted by atomic mass is 16.2. The van der Waals surface area contributed by atoms with Gasteiger partial charge in [-0.25, -0.2) is 0 Å². The fourth-order valence-corrected chi connectivity index (χ4v) is 1.80. The molecule has 1 amide bonds. The Kier molecular flexibility index (Phi) is 3.78. The lowest BCUT2D eigenvalue weighted by Gasteiger charge is -2.05. The van der Waals surface area contributed by atoms with Gasteiger partial charge in [0, 0.05) is 19.6 Å². The van der Waals surface area contributed by atoms with Crippen molar-refractivity contribution in [2.75, 3.05) is 13.1 Å². The molecule has 0 spiro atoms. The molecule has 5 nitrogen and oxygen atoms in total. The van der Waals surface area contributed by atoms with Gasteiger partial charge in [0.15, 0.2) is 0 Å². The van der Waals surface area contributed by atoms with Gasteiger partial charge >= 0.3 is 0 Å². The topological polar surface area (TPSA) is 59.0 Å². The van der Waals surface area contributed by atoms with Gasteiger partial charge < -0.3 is 10.6 Å². The molecular weight excluding hydrogens is 216 g/mol. The first kappa shape index (κ1) is 12.1. The van der Waals surface area contributed by atoms with E-state index in [1.54, 1.807) is 17.8 Å². The Labute approximate surface area is 102 Å². The summed E-state index contributed by atoms with van der Waals surface area (Å²) in [6, 6.07) is 2.54. The van der Waals surface area contributed by atoms with E-state index >= 15 is 0 Å². The monoisotopic (exact) mass is 236 g/mol. The van der Waals surface area contributed by atoms with Crippen molar-refractivity contribution in [2.24, 2.45) is 7.05 Å². The fraction of sp³-hybridized carbons (Fsp3) is 0.667. The Hall–Kier alpha value is -1.36. The maximum atomic E-state index is 11.8. The van der Waals surface area contributed by atoms with E-state index < -0.39 is 0 Å². The molecule has 0 atom stereocenters. The van der Waals surface area contributed by atoms with Crippen molar-refractivity contribution in [3.8, 4) is 0 Å². The molecule has 1 fully saturated rings. The van der Waals surface area contributed by atoms with Crippen molar-refractivity contribution < 1.29 is 4.79 Å². The van der Waals surface area contributed by atoms with E-state index in [0.717, 1.165) is 24.7 Å². The third-order valence-electron chi connectivity index (χ3n) is 2.88. The molecule has 1 heterocycles. The van der Waals surface area contributed by atoms with Crippen LogP contribution in [0.25, 0.3) is 0 Å². The summed E-state index contributed by atoms with van der Waals surface area (Å²) in [5, 5.41) is 10.5. The molecule has 1 aliphatic rings. The van der Waals surface area contributed by atoms with E-state index in [4.69, 9.17) is 0 Å². The Morgan fingerprint density at radius 1 is 1.53 bits per heavy atom. The number of aromatic nitrogens is 2. The van der Waals surface area contributed by atoms with Gasteiger partial charge in [0.2, 0.25) is 0 Å². The van der Waals surface area contributed by atoms with Crippen LogP contribution in [0.5, 0.6) is 0 Å². The molecule has 0 aliphatic heterocycles. The number of nitrogens with zero attached hydrogens (tertiary/aromatic N) is 2. The third-order valence-corrected chi connectivity index (χ3v) is 2.88. The summed E-state index contributed by atoms with van der Waals surface area (Å²) in [5.41, 5.74) is 1.49. The van der Waals surface area contributed by atoms with Crippen molar-refractivity contribution in [2.45, 2.75) is 32.2 Å². The second-order valence-corrected chi connectivity index (χ2v) is 4.63. The zero-order valence-corrected chi connectivity index (χ0v) is 10.5. The van der Waals surface area contributed by atoms with Crippen LogP contribution in [0, 0.1) is 6.92 Å². The Balaban J connectivity index is 1.67. The summed E-state index contributed by atoms with van der Waals surface area (Å²) < 4.78 is 1.62. The van der Waals surface area contributed by atoms with Crippen LogP contribution < -0.4 is 10.6 Å². The summed E-state index contributed by atoms with van der Waals surface area (Å²) >= 11 is 0. The average Bonchev–Trinajstić information content (AvgIpc) is 3.03. The summed E-state index contributed by atoms with van der Waals surface area (Å²) in [6.07, 6.45) is 3.58. The minimum atomic E-state index is -0.0421. The highest BCUT2D eigenvalue weighted by molar-refractivity contribution is 5.92. The number of hydrogen-bond acceptors (Lipinski definition) is 3.